The molecular formula is C14H20N2. The largest absolute Gasteiger partial charge is 0.314 e. The molecule has 0 aromatic heterocycles. The molecule has 2 heterocycles. The summed E-state index contributed by atoms with van der Waals surface area (Å²) in [5.74, 6) is 0. The Kier molecular flexibility index (Phi) is 2.94. The van der Waals surface area contributed by atoms with Crippen LogP contribution in [0.5, 0.6) is 0 Å². The maximum atomic E-state index is 3.56. The minimum Gasteiger partial charge on any atom is -0.314 e. The molecule has 2 saturated heterocycles. The number of benzene rings is 1. The predicted molar refractivity (Wildman–Crippen MR) is 66.3 cm³/mol. The Bertz CT molecular complexity index is 314. The van der Waals surface area contributed by atoms with Gasteiger partial charge in [-0.1, -0.05) is 36.8 Å². The Balaban J connectivity index is 1.74. The first kappa shape index (κ1) is 10.3. The minimum absolute atomic E-state index is 0.771. The number of rotatable bonds is 2. The summed E-state index contributed by atoms with van der Waals surface area (Å²) in [6.07, 6.45) is 4.16. The highest BCUT2D eigenvalue weighted by atomic mass is 15.3. The van der Waals surface area contributed by atoms with Crippen molar-refractivity contribution < 1.29 is 0 Å². The molecule has 1 N–H and O–H groups in total. The van der Waals surface area contributed by atoms with E-state index in [1.54, 1.807) is 0 Å². The van der Waals surface area contributed by atoms with E-state index in [1.165, 1.54) is 37.9 Å². The van der Waals surface area contributed by atoms with Crippen LogP contribution in [0, 0.1) is 0 Å². The van der Waals surface area contributed by atoms with E-state index in [0.717, 1.165) is 18.6 Å². The van der Waals surface area contributed by atoms with Gasteiger partial charge in [-0.05, 0) is 18.4 Å². The molecule has 1 aromatic carbocycles. The second-order valence-electron chi connectivity index (χ2n) is 5.05. The average Bonchev–Trinajstić information content (AvgIpc) is 2.30. The molecule has 0 saturated carbocycles. The van der Waals surface area contributed by atoms with Gasteiger partial charge in [-0.15, -0.1) is 0 Å². The minimum atomic E-state index is 0.771. The lowest BCUT2D eigenvalue weighted by molar-refractivity contribution is 0.0457. The quantitative estimate of drug-likeness (QED) is 0.813. The molecule has 2 nitrogen and oxygen atoms in total. The third kappa shape index (κ3) is 2.00. The summed E-state index contributed by atoms with van der Waals surface area (Å²) in [5.41, 5.74) is 1.46. The lowest BCUT2D eigenvalue weighted by atomic mass is 9.92. The first-order chi connectivity index (χ1) is 7.93. The highest BCUT2D eigenvalue weighted by Crippen LogP contribution is 2.26. The van der Waals surface area contributed by atoms with Gasteiger partial charge in [0.2, 0.25) is 0 Å². The van der Waals surface area contributed by atoms with Gasteiger partial charge in [0, 0.05) is 31.7 Å². The second-order valence-corrected chi connectivity index (χ2v) is 5.05. The number of nitrogens with one attached hydrogen (secondary N) is 1. The number of hydrogen-bond acceptors (Lipinski definition) is 2. The number of piperidine rings is 1. The molecule has 0 aliphatic carbocycles. The summed E-state index contributed by atoms with van der Waals surface area (Å²) in [6, 6.07) is 12.4. The van der Waals surface area contributed by atoms with Crippen LogP contribution in [-0.2, 0) is 6.54 Å². The Morgan fingerprint density at radius 1 is 1.06 bits per heavy atom. The first-order valence-corrected chi connectivity index (χ1v) is 6.44. The van der Waals surface area contributed by atoms with Crippen molar-refractivity contribution in [1.82, 2.24) is 10.2 Å². The fourth-order valence-electron chi connectivity index (χ4n) is 3.13. The molecular weight excluding hydrogens is 196 g/mol. The number of hydrogen-bond donors (Lipinski definition) is 1. The van der Waals surface area contributed by atoms with E-state index in [9.17, 15) is 0 Å². The zero-order valence-corrected chi connectivity index (χ0v) is 9.73. The summed E-state index contributed by atoms with van der Waals surface area (Å²) >= 11 is 0. The molecule has 0 amide bonds. The maximum Gasteiger partial charge on any atom is 0.0240 e. The van der Waals surface area contributed by atoms with Crippen molar-refractivity contribution in [1.29, 1.82) is 0 Å². The molecule has 2 aliphatic rings. The molecule has 0 radical (unpaired) electrons. The molecule has 1 aromatic rings. The van der Waals surface area contributed by atoms with E-state index in [0.29, 0.717) is 0 Å². The highest BCUT2D eigenvalue weighted by Gasteiger charge is 2.33. The van der Waals surface area contributed by atoms with E-state index in [1.807, 2.05) is 0 Å². The molecule has 2 unspecified atom stereocenters. The Morgan fingerprint density at radius 3 is 2.44 bits per heavy atom. The zero-order valence-electron chi connectivity index (χ0n) is 9.73. The third-order valence-corrected chi connectivity index (χ3v) is 3.98. The van der Waals surface area contributed by atoms with Crippen molar-refractivity contribution in [2.24, 2.45) is 0 Å². The van der Waals surface area contributed by atoms with Gasteiger partial charge in [0.15, 0.2) is 0 Å². The van der Waals surface area contributed by atoms with Crippen LogP contribution in [0.1, 0.15) is 24.8 Å². The molecule has 2 heteroatoms. The molecule has 2 bridgehead atoms. The summed E-state index contributed by atoms with van der Waals surface area (Å²) in [5, 5.41) is 3.56. The van der Waals surface area contributed by atoms with Crippen molar-refractivity contribution >= 4 is 0 Å². The molecule has 2 aliphatic heterocycles. The van der Waals surface area contributed by atoms with Gasteiger partial charge in [-0.25, -0.2) is 0 Å². The number of piperazine rings is 1. The lowest BCUT2D eigenvalue weighted by Gasteiger charge is -2.46. The number of nitrogens with zero attached hydrogens (tertiary/aromatic N) is 1. The highest BCUT2D eigenvalue weighted by molar-refractivity contribution is 5.15. The van der Waals surface area contributed by atoms with Crippen LogP contribution in [0.4, 0.5) is 0 Å². The van der Waals surface area contributed by atoms with Crippen molar-refractivity contribution in [3.8, 4) is 0 Å². The first-order valence-electron chi connectivity index (χ1n) is 6.44. The molecule has 0 spiro atoms. The normalized spacial score (nSPS) is 30.2. The van der Waals surface area contributed by atoms with Crippen LogP contribution in [0.2, 0.25) is 0 Å². The Hall–Kier alpha value is -0.860. The summed E-state index contributed by atoms with van der Waals surface area (Å²) < 4.78 is 0. The average molecular weight is 216 g/mol. The van der Waals surface area contributed by atoms with Crippen LogP contribution in [0.25, 0.3) is 0 Å². The van der Waals surface area contributed by atoms with Crippen molar-refractivity contribution in [3.63, 3.8) is 0 Å². The summed E-state index contributed by atoms with van der Waals surface area (Å²) in [7, 11) is 0. The van der Waals surface area contributed by atoms with Gasteiger partial charge in [0.05, 0.1) is 0 Å². The van der Waals surface area contributed by atoms with Crippen LogP contribution in [0.15, 0.2) is 30.3 Å². The second kappa shape index (κ2) is 4.56. The summed E-state index contributed by atoms with van der Waals surface area (Å²) in [4.78, 5) is 2.72. The van der Waals surface area contributed by atoms with Gasteiger partial charge < -0.3 is 5.32 Å². The lowest BCUT2D eigenvalue weighted by Crippen LogP contribution is -2.58. The van der Waals surface area contributed by atoms with E-state index < -0.39 is 0 Å². The van der Waals surface area contributed by atoms with E-state index in [-0.39, 0.29) is 0 Å². The van der Waals surface area contributed by atoms with E-state index in [2.05, 4.69) is 40.5 Å². The van der Waals surface area contributed by atoms with Crippen LogP contribution < -0.4 is 5.32 Å². The molecule has 2 fully saturated rings. The van der Waals surface area contributed by atoms with Gasteiger partial charge in [0.25, 0.3) is 0 Å². The predicted octanol–water partition coefficient (Wildman–Crippen LogP) is 2.01. The van der Waals surface area contributed by atoms with Crippen LogP contribution in [0.3, 0.4) is 0 Å². The van der Waals surface area contributed by atoms with Crippen molar-refractivity contribution in [2.45, 2.75) is 37.9 Å². The third-order valence-electron chi connectivity index (χ3n) is 3.98. The van der Waals surface area contributed by atoms with Gasteiger partial charge in [0.1, 0.15) is 0 Å². The molecule has 16 heavy (non-hydrogen) atoms. The Morgan fingerprint density at radius 2 is 1.75 bits per heavy atom. The van der Waals surface area contributed by atoms with Crippen LogP contribution in [-0.4, -0.2) is 30.1 Å². The van der Waals surface area contributed by atoms with E-state index >= 15 is 0 Å². The number of fused-ring (bicyclic) bond motifs is 2. The fourth-order valence-corrected chi connectivity index (χ4v) is 3.13. The monoisotopic (exact) mass is 216 g/mol. The van der Waals surface area contributed by atoms with Crippen molar-refractivity contribution in [3.05, 3.63) is 35.9 Å². The molecule has 3 rings (SSSR count). The van der Waals surface area contributed by atoms with Gasteiger partial charge >= 0.3 is 0 Å². The topological polar surface area (TPSA) is 15.3 Å². The SMILES string of the molecule is c1ccc(CN2C3CCCC2CNC3)cc1. The maximum absolute atomic E-state index is 3.56. The fraction of sp³-hybridized carbons (Fsp3) is 0.571. The standard InChI is InChI=1S/C14H20N2/c1-2-5-12(6-3-1)11-16-13-7-4-8-14(16)10-15-9-13/h1-3,5-6,13-15H,4,7-11H2. The smallest absolute Gasteiger partial charge is 0.0240 e. The van der Waals surface area contributed by atoms with Crippen LogP contribution >= 0.6 is 0 Å². The molecule has 2 atom stereocenters. The van der Waals surface area contributed by atoms with E-state index in [4.69, 9.17) is 0 Å². The van der Waals surface area contributed by atoms with Crippen molar-refractivity contribution in [2.75, 3.05) is 13.1 Å². The summed E-state index contributed by atoms with van der Waals surface area (Å²) in [6.45, 7) is 3.50. The zero-order chi connectivity index (χ0) is 10.8. The Labute approximate surface area is 97.6 Å². The van der Waals surface area contributed by atoms with Gasteiger partial charge in [-0.2, -0.15) is 0 Å². The molecule has 86 valence electrons. The van der Waals surface area contributed by atoms with Gasteiger partial charge in [-0.3, -0.25) is 4.90 Å².